The molecular formula is C24H25FN6O. The molecule has 0 atom stereocenters. The fourth-order valence-electron chi connectivity index (χ4n) is 3.97. The Labute approximate surface area is 185 Å². The quantitative estimate of drug-likeness (QED) is 0.482. The van der Waals surface area contributed by atoms with Gasteiger partial charge in [-0.3, -0.25) is 9.36 Å². The number of nitrogens with zero attached hydrogens (tertiary/aromatic N) is 4. The number of halogens is 1. The van der Waals surface area contributed by atoms with Crippen LogP contribution < -0.4 is 16.0 Å². The lowest BCUT2D eigenvalue weighted by Crippen LogP contribution is -2.18. The maximum absolute atomic E-state index is 14.3. The molecule has 4 aromatic rings. The van der Waals surface area contributed by atoms with E-state index in [-0.39, 0.29) is 5.56 Å². The number of hydrogen-bond donors (Lipinski definition) is 2. The number of fused-ring (bicyclic) bond motifs is 1. The van der Waals surface area contributed by atoms with E-state index in [9.17, 15) is 9.18 Å². The van der Waals surface area contributed by atoms with Gasteiger partial charge in [-0.05, 0) is 37.6 Å². The molecule has 7 nitrogen and oxygen atoms in total. The number of carbonyl (C=O) groups excluding carboxylic acids is 1. The van der Waals surface area contributed by atoms with Crippen molar-refractivity contribution in [2.24, 2.45) is 5.73 Å². The summed E-state index contributed by atoms with van der Waals surface area (Å²) in [6.07, 6.45) is 0. The summed E-state index contributed by atoms with van der Waals surface area (Å²) in [7, 11) is 3.87. The molecule has 0 aliphatic carbocycles. The van der Waals surface area contributed by atoms with E-state index in [0.29, 0.717) is 29.2 Å². The van der Waals surface area contributed by atoms with Gasteiger partial charge in [-0.1, -0.05) is 30.3 Å². The third kappa shape index (κ3) is 3.87. The first-order valence-electron chi connectivity index (χ1n) is 10.2. The Morgan fingerprint density at radius 2 is 1.84 bits per heavy atom. The summed E-state index contributed by atoms with van der Waals surface area (Å²) in [5, 5.41) is 3.97. The van der Waals surface area contributed by atoms with Gasteiger partial charge in [0.1, 0.15) is 11.5 Å². The Morgan fingerprint density at radius 1 is 1.12 bits per heavy atom. The summed E-state index contributed by atoms with van der Waals surface area (Å²) in [4.78, 5) is 23.3. The van der Waals surface area contributed by atoms with Crippen LogP contribution in [0.15, 0.2) is 48.5 Å². The first kappa shape index (κ1) is 21.3. The van der Waals surface area contributed by atoms with Crippen molar-refractivity contribution in [2.75, 3.05) is 24.3 Å². The zero-order valence-electron chi connectivity index (χ0n) is 18.5. The maximum Gasteiger partial charge on any atom is 0.249 e. The van der Waals surface area contributed by atoms with Crippen LogP contribution in [0, 0.1) is 19.7 Å². The van der Waals surface area contributed by atoms with E-state index in [0.717, 1.165) is 28.7 Å². The van der Waals surface area contributed by atoms with Crippen molar-refractivity contribution in [3.63, 3.8) is 0 Å². The van der Waals surface area contributed by atoms with Crippen molar-refractivity contribution in [1.29, 1.82) is 0 Å². The van der Waals surface area contributed by atoms with Gasteiger partial charge in [-0.2, -0.15) is 4.98 Å². The highest BCUT2D eigenvalue weighted by molar-refractivity contribution is 6.06. The van der Waals surface area contributed by atoms with Gasteiger partial charge < -0.3 is 16.0 Å². The van der Waals surface area contributed by atoms with E-state index in [4.69, 9.17) is 15.7 Å². The van der Waals surface area contributed by atoms with Crippen LogP contribution in [0.3, 0.4) is 0 Å². The van der Waals surface area contributed by atoms with Crippen LogP contribution in [0.2, 0.25) is 0 Å². The van der Waals surface area contributed by atoms with E-state index < -0.39 is 11.7 Å². The Hall–Kier alpha value is -3.94. The largest absolute Gasteiger partial charge is 0.373 e. The number of benzene rings is 2. The van der Waals surface area contributed by atoms with E-state index in [2.05, 4.69) is 5.32 Å². The molecule has 0 aliphatic rings. The number of nitrogens with one attached hydrogen (secondary N) is 1. The maximum atomic E-state index is 14.3. The van der Waals surface area contributed by atoms with Crippen LogP contribution in [-0.4, -0.2) is 34.5 Å². The summed E-state index contributed by atoms with van der Waals surface area (Å²) in [6, 6.07) is 14.3. The number of aromatic nitrogens is 3. The predicted molar refractivity (Wildman–Crippen MR) is 125 cm³/mol. The number of rotatable bonds is 6. The highest BCUT2D eigenvalue weighted by Crippen LogP contribution is 2.31. The number of anilines is 2. The zero-order valence-corrected chi connectivity index (χ0v) is 18.5. The molecule has 0 bridgehead atoms. The molecule has 0 saturated heterocycles. The predicted octanol–water partition coefficient (Wildman–Crippen LogP) is 3.95. The second-order valence-corrected chi connectivity index (χ2v) is 7.91. The molecule has 0 fully saturated rings. The van der Waals surface area contributed by atoms with Crippen LogP contribution in [0.4, 0.5) is 15.9 Å². The number of carbonyl (C=O) groups is 1. The first-order valence-corrected chi connectivity index (χ1v) is 10.2. The van der Waals surface area contributed by atoms with Gasteiger partial charge in [0, 0.05) is 31.7 Å². The minimum absolute atomic E-state index is 0.130. The molecule has 164 valence electrons. The Balaban J connectivity index is 1.87. The van der Waals surface area contributed by atoms with Gasteiger partial charge in [-0.25, -0.2) is 9.37 Å². The van der Waals surface area contributed by atoms with Gasteiger partial charge in [0.15, 0.2) is 5.82 Å². The Kier molecular flexibility index (Phi) is 5.52. The van der Waals surface area contributed by atoms with Crippen molar-refractivity contribution in [2.45, 2.75) is 20.4 Å². The third-order valence-electron chi connectivity index (χ3n) is 5.33. The van der Waals surface area contributed by atoms with E-state index >= 15 is 0 Å². The van der Waals surface area contributed by atoms with Crippen LogP contribution in [-0.2, 0) is 6.54 Å². The number of aryl methyl sites for hydroxylation is 2. The van der Waals surface area contributed by atoms with E-state index in [1.807, 2.05) is 63.2 Å². The molecule has 0 unspecified atom stereocenters. The molecule has 2 aromatic heterocycles. The van der Waals surface area contributed by atoms with Gasteiger partial charge in [0.25, 0.3) is 0 Å². The minimum atomic E-state index is -0.683. The number of amides is 1. The van der Waals surface area contributed by atoms with Gasteiger partial charge >= 0.3 is 0 Å². The summed E-state index contributed by atoms with van der Waals surface area (Å²) < 4.78 is 16.1. The van der Waals surface area contributed by atoms with Crippen LogP contribution in [0.1, 0.15) is 27.3 Å². The molecule has 2 aromatic carbocycles. The van der Waals surface area contributed by atoms with Crippen LogP contribution in [0.5, 0.6) is 0 Å². The summed E-state index contributed by atoms with van der Waals surface area (Å²) >= 11 is 0. The van der Waals surface area contributed by atoms with Gasteiger partial charge in [-0.15, -0.1) is 0 Å². The Bertz CT molecular complexity index is 1310. The molecule has 8 heteroatoms. The molecule has 2 heterocycles. The Morgan fingerprint density at radius 3 is 2.50 bits per heavy atom. The average molecular weight is 433 g/mol. The molecular weight excluding hydrogens is 407 g/mol. The topological polar surface area (TPSA) is 89.1 Å². The monoisotopic (exact) mass is 432 g/mol. The van der Waals surface area contributed by atoms with Crippen LogP contribution in [0.25, 0.3) is 16.9 Å². The smallest absolute Gasteiger partial charge is 0.249 e. The summed E-state index contributed by atoms with van der Waals surface area (Å²) in [6.45, 7) is 4.35. The summed E-state index contributed by atoms with van der Waals surface area (Å²) in [5.41, 5.74) is 9.61. The fourth-order valence-corrected chi connectivity index (χ4v) is 3.97. The first-order chi connectivity index (χ1) is 15.3. The zero-order chi connectivity index (χ0) is 23.0. The van der Waals surface area contributed by atoms with Crippen molar-refractivity contribution in [1.82, 2.24) is 14.5 Å². The molecule has 0 saturated carbocycles. The molecule has 4 rings (SSSR count). The lowest BCUT2D eigenvalue weighted by atomic mass is 10.1. The number of primary amides is 1. The highest BCUT2D eigenvalue weighted by atomic mass is 19.1. The lowest BCUT2D eigenvalue weighted by Gasteiger charge is -2.21. The van der Waals surface area contributed by atoms with Crippen molar-refractivity contribution >= 4 is 28.3 Å². The molecule has 3 N–H and O–H groups in total. The molecule has 32 heavy (non-hydrogen) atoms. The van der Waals surface area contributed by atoms with Crippen molar-refractivity contribution in [3.8, 4) is 5.95 Å². The standard InChI is InChI=1S/C24H25FN6O/c1-14-10-18-19(22(26)32)11-17(25)12-20(18)31(14)24-28-15(2)21(30(3)4)23(29-24)27-13-16-8-6-5-7-9-16/h5-12H,13H2,1-4H3,(H2,26,32)(H,27,28,29). The fraction of sp³-hybridized carbons (Fsp3) is 0.208. The van der Waals surface area contributed by atoms with E-state index in [1.54, 1.807) is 10.6 Å². The van der Waals surface area contributed by atoms with E-state index in [1.165, 1.54) is 6.07 Å². The molecule has 0 spiro atoms. The normalized spacial score (nSPS) is 11.0. The summed E-state index contributed by atoms with van der Waals surface area (Å²) in [5.74, 6) is -0.182. The lowest BCUT2D eigenvalue weighted by molar-refractivity contribution is 0.100. The molecule has 0 aliphatic heterocycles. The number of hydrogen-bond acceptors (Lipinski definition) is 5. The number of nitrogens with two attached hydrogens (primary N) is 1. The molecule has 1 amide bonds. The average Bonchev–Trinajstić information content (AvgIpc) is 3.07. The van der Waals surface area contributed by atoms with Gasteiger partial charge in [0.05, 0.1) is 16.8 Å². The van der Waals surface area contributed by atoms with Crippen molar-refractivity contribution in [3.05, 3.63) is 76.9 Å². The third-order valence-corrected chi connectivity index (χ3v) is 5.33. The highest BCUT2D eigenvalue weighted by Gasteiger charge is 2.20. The second kappa shape index (κ2) is 8.30. The van der Waals surface area contributed by atoms with Gasteiger partial charge in [0.2, 0.25) is 11.9 Å². The van der Waals surface area contributed by atoms with Crippen LogP contribution >= 0.6 is 0 Å². The second-order valence-electron chi connectivity index (χ2n) is 7.91. The minimum Gasteiger partial charge on any atom is -0.373 e. The molecule has 0 radical (unpaired) electrons. The SMILES string of the molecule is Cc1nc(-n2c(C)cc3c(C(N)=O)cc(F)cc32)nc(NCc2ccccc2)c1N(C)C. The van der Waals surface area contributed by atoms with Crippen molar-refractivity contribution < 1.29 is 9.18 Å².